The van der Waals surface area contributed by atoms with Crippen molar-refractivity contribution in [2.24, 2.45) is 0 Å². The summed E-state index contributed by atoms with van der Waals surface area (Å²) in [5.41, 5.74) is 2.14. The van der Waals surface area contributed by atoms with Gasteiger partial charge in [0.15, 0.2) is 0 Å². The summed E-state index contributed by atoms with van der Waals surface area (Å²) in [5.74, 6) is 0. The summed E-state index contributed by atoms with van der Waals surface area (Å²) in [6.45, 7) is 6.29. The maximum absolute atomic E-state index is 10.3. The molecule has 19 heavy (non-hydrogen) atoms. The van der Waals surface area contributed by atoms with Gasteiger partial charge >= 0.3 is 0 Å². The van der Waals surface area contributed by atoms with Crippen LogP contribution in [0.15, 0.2) is 34.8 Å². The highest BCUT2D eigenvalue weighted by atomic mass is 79.9. The van der Waals surface area contributed by atoms with Crippen molar-refractivity contribution >= 4 is 21.5 Å². The number of rotatable bonds is 7. The highest BCUT2D eigenvalue weighted by molar-refractivity contribution is 9.10. The molecule has 0 spiro atoms. The van der Waals surface area contributed by atoms with Crippen LogP contribution in [-0.4, -0.2) is 10.7 Å². The molecule has 1 rings (SSSR count). The summed E-state index contributed by atoms with van der Waals surface area (Å²) in [5, 5.41) is 10.3. The zero-order valence-electron chi connectivity index (χ0n) is 12.2. The molecule has 0 aliphatic heterocycles. The lowest BCUT2D eigenvalue weighted by atomic mass is 9.91. The topological polar surface area (TPSA) is 20.2 Å². The molecule has 1 aromatic rings. The van der Waals surface area contributed by atoms with Gasteiger partial charge in [-0.15, -0.1) is 0 Å². The van der Waals surface area contributed by atoms with Gasteiger partial charge in [0.1, 0.15) is 0 Å². The highest BCUT2D eigenvalue weighted by Crippen LogP contribution is 2.25. The Balaban J connectivity index is 2.73. The molecule has 0 radical (unpaired) electrons. The summed E-state index contributed by atoms with van der Waals surface area (Å²) < 4.78 is 1.11. The molecular weight excluding hydrogens is 300 g/mol. The van der Waals surface area contributed by atoms with E-state index in [1.165, 1.54) is 11.1 Å². The zero-order valence-corrected chi connectivity index (χ0v) is 13.8. The molecule has 0 aliphatic rings. The van der Waals surface area contributed by atoms with Crippen LogP contribution >= 0.6 is 15.9 Å². The van der Waals surface area contributed by atoms with Crippen molar-refractivity contribution in [2.75, 3.05) is 0 Å². The summed E-state index contributed by atoms with van der Waals surface area (Å²) in [6, 6.07) is 8.41. The van der Waals surface area contributed by atoms with E-state index in [0.717, 1.165) is 36.6 Å². The van der Waals surface area contributed by atoms with Gasteiger partial charge in [0.25, 0.3) is 0 Å². The molecule has 0 atom stereocenters. The lowest BCUT2D eigenvalue weighted by Gasteiger charge is -2.24. The first-order chi connectivity index (χ1) is 9.04. The monoisotopic (exact) mass is 324 g/mol. The van der Waals surface area contributed by atoms with Crippen LogP contribution in [0.4, 0.5) is 0 Å². The second-order valence-corrected chi connectivity index (χ2v) is 5.98. The summed E-state index contributed by atoms with van der Waals surface area (Å²) in [6.07, 6.45) is 6.74. The quantitative estimate of drug-likeness (QED) is 0.694. The maximum atomic E-state index is 10.3. The molecule has 1 aromatic carbocycles. The predicted octanol–water partition coefficient (Wildman–Crippen LogP) is 5.57. The van der Waals surface area contributed by atoms with Crippen LogP contribution in [0.5, 0.6) is 0 Å². The van der Waals surface area contributed by atoms with Gasteiger partial charge in [-0.05, 0) is 55.4 Å². The minimum absolute atomic E-state index is 0.493. The Morgan fingerprint density at radius 1 is 1.26 bits per heavy atom. The molecule has 1 N–H and O–H groups in total. The normalized spacial score (nSPS) is 12.8. The molecule has 0 amide bonds. The summed E-state index contributed by atoms with van der Waals surface area (Å²) in [4.78, 5) is 0. The third kappa shape index (κ3) is 5.12. The molecule has 0 bridgehead atoms. The Morgan fingerprint density at radius 3 is 2.47 bits per heavy atom. The fraction of sp³-hybridized carbons (Fsp3) is 0.529. The molecule has 0 fully saturated rings. The maximum Gasteiger partial charge on any atom is 0.0645 e. The van der Waals surface area contributed by atoms with E-state index in [9.17, 15) is 5.11 Å². The molecule has 0 unspecified atom stereocenters. The number of hydrogen-bond donors (Lipinski definition) is 1. The Bertz CT molecular complexity index is 419. The Morgan fingerprint density at radius 2 is 1.95 bits per heavy atom. The van der Waals surface area contributed by atoms with Gasteiger partial charge in [-0.25, -0.2) is 0 Å². The minimum atomic E-state index is -0.493. The molecule has 106 valence electrons. The molecule has 1 nitrogen and oxygen atoms in total. The number of hydrogen-bond acceptors (Lipinski definition) is 1. The third-order valence-electron chi connectivity index (χ3n) is 3.89. The first kappa shape index (κ1) is 16.5. The Hall–Kier alpha value is -0.600. The van der Waals surface area contributed by atoms with Crippen molar-refractivity contribution in [3.05, 3.63) is 40.4 Å². The number of halogens is 1. The molecule has 0 heterocycles. The van der Waals surface area contributed by atoms with E-state index in [1.807, 2.05) is 6.07 Å². The average Bonchev–Trinajstić information content (AvgIpc) is 2.43. The first-order valence-corrected chi connectivity index (χ1v) is 8.01. The van der Waals surface area contributed by atoms with Crippen molar-refractivity contribution in [3.8, 4) is 0 Å². The van der Waals surface area contributed by atoms with Crippen molar-refractivity contribution in [1.82, 2.24) is 0 Å². The van der Waals surface area contributed by atoms with E-state index < -0.39 is 5.60 Å². The largest absolute Gasteiger partial charge is 0.390 e. The van der Waals surface area contributed by atoms with Gasteiger partial charge < -0.3 is 5.11 Å². The number of allylic oxidation sites excluding steroid dienone is 2. The molecular formula is C17H25BrO. The van der Waals surface area contributed by atoms with Gasteiger partial charge in [-0.3, -0.25) is 0 Å². The van der Waals surface area contributed by atoms with Crippen LogP contribution in [0, 0.1) is 0 Å². The van der Waals surface area contributed by atoms with E-state index in [4.69, 9.17) is 0 Å². The number of benzene rings is 1. The molecule has 0 aliphatic carbocycles. The van der Waals surface area contributed by atoms with E-state index in [-0.39, 0.29) is 0 Å². The smallest absolute Gasteiger partial charge is 0.0645 e. The van der Waals surface area contributed by atoms with E-state index in [0.29, 0.717) is 0 Å². The van der Waals surface area contributed by atoms with E-state index in [2.05, 4.69) is 61.0 Å². The second-order valence-electron chi connectivity index (χ2n) is 5.06. The zero-order chi connectivity index (χ0) is 14.3. The SMILES string of the molecule is CC/C(=C\CCC(O)(CC)CC)c1cccc(Br)c1. The van der Waals surface area contributed by atoms with Gasteiger partial charge in [0.2, 0.25) is 0 Å². The standard InChI is InChI=1S/C17H25BrO/c1-4-14(15-9-7-11-16(18)13-15)10-8-12-17(19,5-2)6-3/h7,9-11,13,19H,4-6,8,12H2,1-3H3/b14-10+. The van der Waals surface area contributed by atoms with Crippen LogP contribution in [-0.2, 0) is 0 Å². The van der Waals surface area contributed by atoms with Gasteiger partial charge in [-0.2, -0.15) is 0 Å². The lowest BCUT2D eigenvalue weighted by molar-refractivity contribution is 0.0246. The Labute approximate surface area is 125 Å². The minimum Gasteiger partial charge on any atom is -0.390 e. The van der Waals surface area contributed by atoms with Crippen molar-refractivity contribution in [2.45, 2.75) is 58.5 Å². The van der Waals surface area contributed by atoms with E-state index >= 15 is 0 Å². The highest BCUT2D eigenvalue weighted by Gasteiger charge is 2.20. The van der Waals surface area contributed by atoms with E-state index in [1.54, 1.807) is 0 Å². The van der Waals surface area contributed by atoms with Gasteiger partial charge in [0.05, 0.1) is 5.60 Å². The lowest BCUT2D eigenvalue weighted by Crippen LogP contribution is -2.25. The van der Waals surface area contributed by atoms with Crippen molar-refractivity contribution in [1.29, 1.82) is 0 Å². The van der Waals surface area contributed by atoms with Crippen LogP contribution in [0.25, 0.3) is 5.57 Å². The predicted molar refractivity (Wildman–Crippen MR) is 87.2 cm³/mol. The summed E-state index contributed by atoms with van der Waals surface area (Å²) in [7, 11) is 0. The fourth-order valence-electron chi connectivity index (χ4n) is 2.27. The Kier molecular flexibility index (Phi) is 6.81. The third-order valence-corrected chi connectivity index (χ3v) is 4.39. The van der Waals surface area contributed by atoms with Crippen LogP contribution < -0.4 is 0 Å². The van der Waals surface area contributed by atoms with Crippen LogP contribution in [0.3, 0.4) is 0 Å². The second kappa shape index (κ2) is 7.86. The van der Waals surface area contributed by atoms with Crippen molar-refractivity contribution in [3.63, 3.8) is 0 Å². The summed E-state index contributed by atoms with van der Waals surface area (Å²) >= 11 is 3.51. The van der Waals surface area contributed by atoms with Gasteiger partial charge in [-0.1, -0.05) is 54.9 Å². The van der Waals surface area contributed by atoms with Gasteiger partial charge in [0, 0.05) is 4.47 Å². The molecule has 2 heteroatoms. The van der Waals surface area contributed by atoms with Crippen molar-refractivity contribution < 1.29 is 5.11 Å². The van der Waals surface area contributed by atoms with Crippen LogP contribution in [0.1, 0.15) is 58.4 Å². The molecule has 0 saturated carbocycles. The number of aliphatic hydroxyl groups is 1. The molecule has 0 aromatic heterocycles. The average molecular weight is 325 g/mol. The molecule has 0 saturated heterocycles. The fourth-order valence-corrected chi connectivity index (χ4v) is 2.67. The first-order valence-electron chi connectivity index (χ1n) is 7.22. The van der Waals surface area contributed by atoms with Crippen LogP contribution in [0.2, 0.25) is 0 Å².